The second-order valence-electron chi connectivity index (χ2n) is 8.20. The van der Waals surface area contributed by atoms with Crippen LogP contribution in [0.4, 0.5) is 0 Å². The van der Waals surface area contributed by atoms with Gasteiger partial charge >= 0.3 is 0 Å². The number of ketones is 1. The van der Waals surface area contributed by atoms with Gasteiger partial charge in [-0.3, -0.25) is 4.79 Å². The minimum absolute atomic E-state index is 0.433. The molecule has 0 saturated heterocycles. The molecule has 0 aromatic rings. The van der Waals surface area contributed by atoms with E-state index in [1.807, 2.05) is 6.92 Å². The van der Waals surface area contributed by atoms with E-state index in [9.17, 15) is 4.79 Å². The molecule has 22 heavy (non-hydrogen) atoms. The summed E-state index contributed by atoms with van der Waals surface area (Å²) < 4.78 is 0. The molecule has 0 aliphatic heterocycles. The Morgan fingerprint density at radius 1 is 0.636 bits per heavy atom. The quantitative estimate of drug-likeness (QED) is 0.287. The third kappa shape index (κ3) is 17.7. The highest BCUT2D eigenvalue weighted by Gasteiger charge is 2.08. The monoisotopic (exact) mass is 310 g/mol. The first-order valence-electron chi connectivity index (χ1n) is 9.97. The van der Waals surface area contributed by atoms with Gasteiger partial charge in [0.25, 0.3) is 0 Å². The molecule has 0 heterocycles. The lowest BCUT2D eigenvalue weighted by Crippen LogP contribution is -2.03. The largest absolute Gasteiger partial charge is 0.300 e. The molecule has 0 aromatic carbocycles. The van der Waals surface area contributed by atoms with E-state index >= 15 is 0 Å². The Labute approximate surface area is 140 Å². The zero-order valence-electron chi connectivity index (χ0n) is 16.0. The van der Waals surface area contributed by atoms with Crippen LogP contribution >= 0.6 is 0 Å². The highest BCUT2D eigenvalue weighted by Crippen LogP contribution is 2.22. The summed E-state index contributed by atoms with van der Waals surface area (Å²) in [6.45, 7) is 8.99. The van der Waals surface area contributed by atoms with Crippen LogP contribution in [-0.2, 0) is 4.79 Å². The Bertz CT molecular complexity index is 249. The van der Waals surface area contributed by atoms with Gasteiger partial charge in [-0.2, -0.15) is 0 Å². The van der Waals surface area contributed by atoms with Crippen LogP contribution in [-0.4, -0.2) is 5.78 Å². The molecule has 0 rings (SSSR count). The van der Waals surface area contributed by atoms with Gasteiger partial charge in [0.15, 0.2) is 0 Å². The van der Waals surface area contributed by atoms with Crippen molar-refractivity contribution in [2.24, 2.45) is 5.41 Å². The smallest absolute Gasteiger partial charge is 0.132 e. The Balaban J connectivity index is 3.07. The van der Waals surface area contributed by atoms with Crippen LogP contribution in [0.25, 0.3) is 0 Å². The Hall–Kier alpha value is -0.330. The summed E-state index contributed by atoms with van der Waals surface area (Å²) in [7, 11) is 0. The van der Waals surface area contributed by atoms with Gasteiger partial charge < -0.3 is 0 Å². The molecule has 0 aromatic heterocycles. The van der Waals surface area contributed by atoms with Crippen LogP contribution in [0, 0.1) is 5.41 Å². The average Bonchev–Trinajstić information content (AvgIpc) is 2.46. The van der Waals surface area contributed by atoms with Crippen LogP contribution in [0.2, 0.25) is 0 Å². The highest BCUT2D eigenvalue weighted by molar-refractivity contribution is 5.77. The summed E-state index contributed by atoms with van der Waals surface area (Å²) in [6.07, 6.45) is 19.3. The van der Waals surface area contributed by atoms with Gasteiger partial charge in [0, 0.05) is 12.8 Å². The number of unbranched alkanes of at least 4 members (excludes halogenated alkanes) is 11. The number of carbonyl (C=O) groups excluding carboxylic acids is 1. The van der Waals surface area contributed by atoms with E-state index in [0.717, 1.165) is 19.3 Å². The van der Waals surface area contributed by atoms with Crippen LogP contribution in [0.15, 0.2) is 0 Å². The zero-order valence-corrected chi connectivity index (χ0v) is 16.0. The average molecular weight is 311 g/mol. The van der Waals surface area contributed by atoms with E-state index in [4.69, 9.17) is 0 Å². The summed E-state index contributed by atoms with van der Waals surface area (Å²) in [4.78, 5) is 11.2. The molecule has 0 aliphatic rings. The number of hydrogen-bond acceptors (Lipinski definition) is 1. The minimum Gasteiger partial charge on any atom is -0.300 e. The highest BCUT2D eigenvalue weighted by atomic mass is 16.1. The summed E-state index contributed by atoms with van der Waals surface area (Å²) in [5, 5.41) is 0. The number of Topliss-reactive ketones (excluding diaryl/α,β-unsaturated/α-hetero) is 1. The normalized spacial score (nSPS) is 11.8. The first kappa shape index (κ1) is 21.7. The second-order valence-corrected chi connectivity index (χ2v) is 8.20. The van der Waals surface area contributed by atoms with Gasteiger partial charge in [-0.15, -0.1) is 0 Å². The third-order valence-corrected chi connectivity index (χ3v) is 4.53. The maximum absolute atomic E-state index is 11.2. The van der Waals surface area contributed by atoms with E-state index in [-0.39, 0.29) is 0 Å². The molecule has 0 N–H and O–H groups in total. The van der Waals surface area contributed by atoms with Gasteiger partial charge in [-0.1, -0.05) is 98.3 Å². The molecule has 0 fully saturated rings. The van der Waals surface area contributed by atoms with Crippen LogP contribution in [0.1, 0.15) is 124 Å². The van der Waals surface area contributed by atoms with Crippen molar-refractivity contribution in [1.29, 1.82) is 0 Å². The molecule has 0 bridgehead atoms. The summed E-state index contributed by atoms with van der Waals surface area (Å²) in [5.41, 5.74) is 0.518. The van der Waals surface area contributed by atoms with Crippen molar-refractivity contribution in [3.8, 4) is 0 Å². The van der Waals surface area contributed by atoms with Crippen molar-refractivity contribution in [1.82, 2.24) is 0 Å². The summed E-state index contributed by atoms with van der Waals surface area (Å²) in [5.74, 6) is 0.433. The lowest BCUT2D eigenvalue weighted by molar-refractivity contribution is -0.118. The van der Waals surface area contributed by atoms with E-state index in [0.29, 0.717) is 11.2 Å². The van der Waals surface area contributed by atoms with Crippen molar-refractivity contribution in [3.05, 3.63) is 0 Å². The second kappa shape index (κ2) is 14.3. The van der Waals surface area contributed by atoms with E-state index < -0.39 is 0 Å². The molecule has 0 saturated carbocycles. The molecule has 0 aliphatic carbocycles. The lowest BCUT2D eigenvalue weighted by Gasteiger charge is -2.17. The fourth-order valence-corrected chi connectivity index (χ4v) is 2.92. The van der Waals surface area contributed by atoms with Gasteiger partial charge in [0.1, 0.15) is 5.78 Å². The van der Waals surface area contributed by atoms with Crippen LogP contribution in [0.5, 0.6) is 0 Å². The first-order valence-corrected chi connectivity index (χ1v) is 9.97. The van der Waals surface area contributed by atoms with Gasteiger partial charge in [0.2, 0.25) is 0 Å². The van der Waals surface area contributed by atoms with E-state index in [1.54, 1.807) is 0 Å². The maximum atomic E-state index is 11.2. The fourth-order valence-electron chi connectivity index (χ4n) is 2.92. The standard InChI is InChI=1S/C21H42O/c1-5-20(22)18-16-14-12-10-8-6-7-9-11-13-15-17-19-21(2,3)4/h5-19H2,1-4H3. The molecular formula is C21H42O. The molecule has 0 atom stereocenters. The third-order valence-electron chi connectivity index (χ3n) is 4.53. The first-order chi connectivity index (χ1) is 10.5. The van der Waals surface area contributed by atoms with Gasteiger partial charge in [-0.25, -0.2) is 0 Å². The van der Waals surface area contributed by atoms with Crippen molar-refractivity contribution in [2.75, 3.05) is 0 Å². The number of hydrogen-bond donors (Lipinski definition) is 0. The predicted molar refractivity (Wildman–Crippen MR) is 99.4 cm³/mol. The Kier molecular flexibility index (Phi) is 14.1. The molecule has 0 spiro atoms. The maximum Gasteiger partial charge on any atom is 0.132 e. The fraction of sp³-hybridized carbons (Fsp3) is 0.952. The van der Waals surface area contributed by atoms with Crippen LogP contribution in [0.3, 0.4) is 0 Å². The molecule has 132 valence electrons. The topological polar surface area (TPSA) is 17.1 Å². The lowest BCUT2D eigenvalue weighted by atomic mass is 9.89. The Morgan fingerprint density at radius 2 is 1.00 bits per heavy atom. The summed E-state index contributed by atoms with van der Waals surface area (Å²) in [6, 6.07) is 0. The van der Waals surface area contributed by atoms with Gasteiger partial charge in [-0.05, 0) is 18.3 Å². The van der Waals surface area contributed by atoms with Crippen molar-refractivity contribution >= 4 is 5.78 Å². The zero-order chi connectivity index (χ0) is 16.7. The molecule has 0 unspecified atom stereocenters. The summed E-state index contributed by atoms with van der Waals surface area (Å²) >= 11 is 0. The van der Waals surface area contributed by atoms with Crippen molar-refractivity contribution < 1.29 is 4.79 Å². The van der Waals surface area contributed by atoms with Gasteiger partial charge in [0.05, 0.1) is 0 Å². The SMILES string of the molecule is CCC(=O)CCCCCCCCCCCCCCC(C)(C)C. The number of carbonyl (C=O) groups is 1. The minimum atomic E-state index is 0.433. The van der Waals surface area contributed by atoms with E-state index in [1.165, 1.54) is 77.0 Å². The van der Waals surface area contributed by atoms with Crippen molar-refractivity contribution in [3.63, 3.8) is 0 Å². The molecule has 1 heteroatoms. The molecule has 0 amide bonds. The number of rotatable bonds is 15. The van der Waals surface area contributed by atoms with E-state index in [2.05, 4.69) is 20.8 Å². The van der Waals surface area contributed by atoms with Crippen molar-refractivity contribution in [2.45, 2.75) is 124 Å². The van der Waals surface area contributed by atoms with Crippen LogP contribution < -0.4 is 0 Å². The molecule has 1 nitrogen and oxygen atoms in total. The molecular weight excluding hydrogens is 268 g/mol. The molecule has 0 radical (unpaired) electrons. The Morgan fingerprint density at radius 3 is 1.36 bits per heavy atom. The predicted octanol–water partition coefficient (Wildman–Crippen LogP) is 7.47.